The van der Waals surface area contributed by atoms with Crippen LogP contribution in [0.15, 0.2) is 16.7 Å². The monoisotopic (exact) mass is 487 g/mol. The van der Waals surface area contributed by atoms with E-state index >= 15 is 0 Å². The lowest BCUT2D eigenvalue weighted by atomic mass is 10.1. The summed E-state index contributed by atoms with van der Waals surface area (Å²) in [6, 6.07) is 2.10. The molecule has 0 N–H and O–H groups in total. The maximum Gasteiger partial charge on any atom is 0.387 e. The lowest BCUT2D eigenvalue weighted by molar-refractivity contribution is -0.388. The molecule has 0 aliphatic heterocycles. The summed E-state index contributed by atoms with van der Waals surface area (Å²) in [6.07, 6.45) is 3.55. The van der Waals surface area contributed by atoms with Crippen molar-refractivity contribution in [3.8, 4) is 0 Å². The van der Waals surface area contributed by atoms with Gasteiger partial charge in [0.15, 0.2) is 6.20 Å². The topological polar surface area (TPSA) is 68.5 Å². The summed E-state index contributed by atoms with van der Waals surface area (Å²) in [5, 5.41) is 11.2. The summed E-state index contributed by atoms with van der Waals surface area (Å²) in [7, 11) is 0. The molecule has 1 aliphatic rings. The highest BCUT2D eigenvalue weighted by molar-refractivity contribution is 14.2. The largest absolute Gasteiger partial charge is 0.387 e. The highest BCUT2D eigenvalue weighted by Crippen LogP contribution is 2.40. The van der Waals surface area contributed by atoms with Crippen LogP contribution in [0.1, 0.15) is 26.7 Å². The number of aromatic nitrogens is 1. The van der Waals surface area contributed by atoms with E-state index in [0.717, 1.165) is 17.3 Å². The van der Waals surface area contributed by atoms with Crippen LogP contribution in [-0.4, -0.2) is 28.1 Å². The Morgan fingerprint density at radius 3 is 2.86 bits per heavy atom. The van der Waals surface area contributed by atoms with Crippen LogP contribution >= 0.6 is 44.4 Å². The predicted octanol–water partition coefficient (Wildman–Crippen LogP) is 4.46. The highest BCUT2D eigenvalue weighted by Gasteiger charge is 2.37. The normalized spacial score (nSPS) is 15.6. The van der Waals surface area contributed by atoms with Gasteiger partial charge < -0.3 is 19.5 Å². The second-order valence-electron chi connectivity index (χ2n) is 5.55. The molecular weight excluding hydrogens is 472 g/mol. The van der Waals surface area contributed by atoms with E-state index in [1.165, 1.54) is 6.20 Å². The van der Waals surface area contributed by atoms with Crippen molar-refractivity contribution in [3.05, 3.63) is 26.9 Å². The molecule has 1 aliphatic carbocycles. The molecule has 0 aromatic carbocycles. The minimum absolute atomic E-state index is 0.0992. The molecule has 0 saturated heterocycles. The molecule has 6 nitrogen and oxygen atoms in total. The zero-order valence-corrected chi connectivity index (χ0v) is 16.4. The molecule has 1 saturated carbocycles. The van der Waals surface area contributed by atoms with Crippen molar-refractivity contribution in [2.75, 3.05) is 11.4 Å². The van der Waals surface area contributed by atoms with Crippen molar-refractivity contribution < 1.29 is 9.45 Å². The quantitative estimate of drug-likeness (QED) is 0.246. The van der Waals surface area contributed by atoms with Gasteiger partial charge >= 0.3 is 5.82 Å². The first kappa shape index (κ1) is 17.3. The molecule has 1 fully saturated rings. The van der Waals surface area contributed by atoms with Crippen molar-refractivity contribution in [1.82, 2.24) is 4.98 Å². The summed E-state index contributed by atoms with van der Waals surface area (Å²) in [6.45, 7) is 4.97. The van der Waals surface area contributed by atoms with Crippen LogP contribution < -0.4 is 4.90 Å². The van der Waals surface area contributed by atoms with Crippen molar-refractivity contribution in [2.45, 2.75) is 38.3 Å². The van der Waals surface area contributed by atoms with E-state index in [-0.39, 0.29) is 11.4 Å². The smallest absolute Gasteiger partial charge is 0.359 e. The lowest BCUT2D eigenvalue weighted by Crippen LogP contribution is -2.41. The maximum atomic E-state index is 11.2. The Morgan fingerprint density at radius 1 is 1.67 bits per heavy atom. The number of halogens is 2. The maximum absolute atomic E-state index is 11.2. The molecule has 0 bridgehead atoms. The summed E-state index contributed by atoms with van der Waals surface area (Å²) >= 11 is 5.54. The van der Waals surface area contributed by atoms with E-state index in [9.17, 15) is 10.1 Å². The van der Waals surface area contributed by atoms with Crippen molar-refractivity contribution in [3.63, 3.8) is 0 Å². The van der Waals surface area contributed by atoms with Crippen LogP contribution in [0.25, 0.3) is 0 Å². The van der Waals surface area contributed by atoms with Crippen LogP contribution in [-0.2, 0) is 4.52 Å². The van der Waals surface area contributed by atoms with E-state index < -0.39 is 4.92 Å². The third-order valence-electron chi connectivity index (χ3n) is 3.15. The average molecular weight is 488 g/mol. The van der Waals surface area contributed by atoms with Gasteiger partial charge in [0.05, 0.1) is 16.5 Å². The molecule has 1 unspecified atom stereocenters. The number of rotatable bonds is 7. The molecule has 21 heavy (non-hydrogen) atoms. The number of nitrogens with zero attached hydrogens (tertiary/aromatic N) is 3. The summed E-state index contributed by atoms with van der Waals surface area (Å²) in [5.74, 6) is -0.0992. The lowest BCUT2D eigenvalue weighted by Gasteiger charge is -2.33. The molecule has 0 radical (unpaired) electrons. The van der Waals surface area contributed by atoms with E-state index in [1.807, 2.05) is 13.8 Å². The standard InChI is InChI=1S/C12H16BrIN3O3P/c1-12(2,20-21-14)7-16(9-3-4-9)10-5-8(13)6-15-11(10)17(18)19/h5-6,9,21H,3-4,7H2,1-2H3. The van der Waals surface area contributed by atoms with Gasteiger partial charge in [0.25, 0.3) is 0 Å². The number of hydrogen-bond acceptors (Lipinski definition) is 5. The minimum atomic E-state index is -0.426. The van der Waals surface area contributed by atoms with Gasteiger partial charge in [-0.05, 0) is 80.6 Å². The van der Waals surface area contributed by atoms with Crippen LogP contribution in [0.2, 0.25) is 0 Å². The molecular formula is C12H16BrIN3O3P. The number of pyridine rings is 1. The van der Waals surface area contributed by atoms with Gasteiger partial charge in [-0.1, -0.05) is 0 Å². The fourth-order valence-corrected chi connectivity index (χ4v) is 4.50. The van der Waals surface area contributed by atoms with Gasteiger partial charge in [-0.15, -0.1) is 0 Å². The van der Waals surface area contributed by atoms with Gasteiger partial charge in [-0.2, -0.15) is 0 Å². The number of nitro groups is 1. The first-order valence-electron chi connectivity index (χ1n) is 6.44. The number of anilines is 1. The fourth-order valence-electron chi connectivity index (χ4n) is 2.12. The minimum Gasteiger partial charge on any atom is -0.359 e. The zero-order chi connectivity index (χ0) is 15.6. The summed E-state index contributed by atoms with van der Waals surface area (Å²) < 4.78 is 6.50. The van der Waals surface area contributed by atoms with Crippen LogP contribution in [0.5, 0.6) is 0 Å². The molecule has 1 heterocycles. The van der Waals surface area contributed by atoms with Crippen LogP contribution in [0.3, 0.4) is 0 Å². The number of hydrogen-bond donors (Lipinski definition) is 0. The van der Waals surface area contributed by atoms with E-state index in [2.05, 4.69) is 47.9 Å². The molecule has 1 aromatic rings. The Bertz CT molecular complexity index is 542. The molecule has 9 heteroatoms. The van der Waals surface area contributed by atoms with Gasteiger partial charge in [0.2, 0.25) is 0 Å². The van der Waals surface area contributed by atoms with Crippen LogP contribution in [0, 0.1) is 10.1 Å². The van der Waals surface area contributed by atoms with Crippen molar-refractivity contribution in [1.29, 1.82) is 0 Å². The Labute approximate surface area is 146 Å². The molecule has 1 aromatic heterocycles. The fraction of sp³-hybridized carbons (Fsp3) is 0.583. The Kier molecular flexibility index (Phi) is 5.78. The third-order valence-corrected chi connectivity index (χ3v) is 4.87. The SMILES string of the molecule is CC(C)(CN(c1cc(Br)cnc1[N+](=O)[O-])C1CC1)OPI. The van der Waals surface area contributed by atoms with Crippen LogP contribution in [0.4, 0.5) is 11.5 Å². The molecule has 116 valence electrons. The highest BCUT2D eigenvalue weighted by atomic mass is 127. The molecule has 0 spiro atoms. The predicted molar refractivity (Wildman–Crippen MR) is 96.5 cm³/mol. The molecule has 1 atom stereocenters. The summed E-state index contributed by atoms with van der Waals surface area (Å²) in [4.78, 5) is 16.8. The first-order chi connectivity index (χ1) is 9.84. The van der Waals surface area contributed by atoms with Gasteiger partial charge in [0, 0.05) is 12.6 Å². The van der Waals surface area contributed by atoms with E-state index in [4.69, 9.17) is 4.52 Å². The van der Waals surface area contributed by atoms with E-state index in [0.29, 0.717) is 24.7 Å². The second kappa shape index (κ2) is 7.02. The summed E-state index contributed by atoms with van der Waals surface area (Å²) in [5.41, 5.74) is 0.198. The first-order valence-corrected chi connectivity index (χ1v) is 11.3. The molecule has 0 amide bonds. The van der Waals surface area contributed by atoms with Crippen molar-refractivity contribution >= 4 is 55.9 Å². The second-order valence-corrected chi connectivity index (χ2v) is 8.15. The van der Waals surface area contributed by atoms with Crippen molar-refractivity contribution in [2.24, 2.45) is 0 Å². The zero-order valence-electron chi connectivity index (χ0n) is 11.7. The molecule has 2 rings (SSSR count). The van der Waals surface area contributed by atoms with Gasteiger partial charge in [0.1, 0.15) is 5.69 Å². The van der Waals surface area contributed by atoms with Gasteiger partial charge in [-0.25, -0.2) is 0 Å². The third kappa shape index (κ3) is 4.71. The Balaban J connectivity index is 2.34. The average Bonchev–Trinajstić information content (AvgIpc) is 3.19. The Hall–Kier alpha value is -0.0500. The van der Waals surface area contributed by atoms with E-state index in [1.54, 1.807) is 6.07 Å². The van der Waals surface area contributed by atoms with Gasteiger partial charge in [-0.3, -0.25) is 0 Å². The Morgan fingerprint density at radius 2 is 2.33 bits per heavy atom.